The predicted octanol–water partition coefficient (Wildman–Crippen LogP) is 1.50. The predicted molar refractivity (Wildman–Crippen MR) is 55.5 cm³/mol. The molecule has 84 valence electrons. The smallest absolute Gasteiger partial charge is 0.259 e. The second-order valence-electron chi connectivity index (χ2n) is 3.93. The molecule has 1 aromatic rings. The van der Waals surface area contributed by atoms with Crippen LogP contribution in [0.3, 0.4) is 0 Å². The van der Waals surface area contributed by atoms with E-state index in [0.717, 1.165) is 12.8 Å². The summed E-state index contributed by atoms with van der Waals surface area (Å²) in [4.78, 5) is 13.9. The van der Waals surface area contributed by atoms with E-state index in [0.29, 0.717) is 30.3 Å². The number of hydrogen-bond donors (Lipinski definition) is 0. The van der Waals surface area contributed by atoms with E-state index in [2.05, 4.69) is 11.2 Å². The third-order valence-corrected chi connectivity index (χ3v) is 2.69. The van der Waals surface area contributed by atoms with Gasteiger partial charge in [-0.15, -0.1) is 0 Å². The Balaban J connectivity index is 2.11. The highest BCUT2D eigenvalue weighted by Gasteiger charge is 2.33. The molecule has 0 radical (unpaired) electrons. The summed E-state index contributed by atoms with van der Waals surface area (Å²) >= 11 is 0. The molecule has 5 heteroatoms. The van der Waals surface area contributed by atoms with Crippen molar-refractivity contribution in [2.45, 2.75) is 32.2 Å². The zero-order valence-corrected chi connectivity index (χ0v) is 9.14. The zero-order chi connectivity index (χ0) is 11.5. The Hall–Kier alpha value is -1.83. The van der Waals surface area contributed by atoms with Crippen LogP contribution >= 0.6 is 0 Å². The molecule has 1 fully saturated rings. The topological polar surface area (TPSA) is 70.1 Å². The van der Waals surface area contributed by atoms with Crippen molar-refractivity contribution in [2.75, 3.05) is 6.54 Å². The van der Waals surface area contributed by atoms with Gasteiger partial charge in [-0.2, -0.15) is 5.26 Å². The Kier molecular flexibility index (Phi) is 2.91. The quantitative estimate of drug-likeness (QED) is 0.769. The molecule has 0 unspecified atom stereocenters. The second kappa shape index (κ2) is 4.35. The summed E-state index contributed by atoms with van der Waals surface area (Å²) in [7, 11) is 0. The van der Waals surface area contributed by atoms with E-state index < -0.39 is 0 Å². The average molecular weight is 219 g/mol. The van der Waals surface area contributed by atoms with Crippen LogP contribution in [0.25, 0.3) is 0 Å². The molecule has 2 rings (SSSR count). The molecular weight excluding hydrogens is 206 g/mol. The van der Waals surface area contributed by atoms with E-state index in [-0.39, 0.29) is 5.91 Å². The molecule has 1 aliphatic rings. The molecule has 0 saturated heterocycles. The number of nitriles is 1. The van der Waals surface area contributed by atoms with Gasteiger partial charge in [0.2, 0.25) is 0 Å². The van der Waals surface area contributed by atoms with Crippen LogP contribution in [0.5, 0.6) is 0 Å². The van der Waals surface area contributed by atoms with E-state index in [1.54, 1.807) is 11.8 Å². The number of rotatable bonds is 4. The summed E-state index contributed by atoms with van der Waals surface area (Å²) in [6.07, 6.45) is 3.87. The number of amides is 1. The highest BCUT2D eigenvalue weighted by molar-refractivity contribution is 5.95. The van der Waals surface area contributed by atoms with Crippen molar-refractivity contribution in [3.63, 3.8) is 0 Å². The van der Waals surface area contributed by atoms with Gasteiger partial charge in [0.25, 0.3) is 5.91 Å². The lowest BCUT2D eigenvalue weighted by Gasteiger charge is -2.20. The van der Waals surface area contributed by atoms with E-state index >= 15 is 0 Å². The Morgan fingerprint density at radius 3 is 3.00 bits per heavy atom. The number of aromatic nitrogens is 1. The molecule has 0 bridgehead atoms. The van der Waals surface area contributed by atoms with Crippen LogP contribution in [0, 0.1) is 18.3 Å². The van der Waals surface area contributed by atoms with Crippen molar-refractivity contribution in [3.8, 4) is 6.07 Å². The summed E-state index contributed by atoms with van der Waals surface area (Å²) in [6, 6.07) is 2.36. The van der Waals surface area contributed by atoms with Crippen LogP contribution in [0.15, 0.2) is 10.7 Å². The van der Waals surface area contributed by atoms with Gasteiger partial charge in [-0.1, -0.05) is 5.16 Å². The molecule has 1 aliphatic carbocycles. The molecule has 0 N–H and O–H groups in total. The van der Waals surface area contributed by atoms with Gasteiger partial charge in [0, 0.05) is 12.6 Å². The molecule has 1 amide bonds. The SMILES string of the molecule is Cc1oncc1C(=O)N(CCC#N)C1CC1. The maximum absolute atomic E-state index is 12.1. The van der Waals surface area contributed by atoms with E-state index in [1.165, 1.54) is 6.20 Å². The number of aryl methyl sites for hydroxylation is 1. The number of hydrogen-bond acceptors (Lipinski definition) is 4. The van der Waals surface area contributed by atoms with Crippen molar-refractivity contribution in [3.05, 3.63) is 17.5 Å². The first-order chi connectivity index (χ1) is 7.74. The van der Waals surface area contributed by atoms with Gasteiger partial charge < -0.3 is 9.42 Å². The molecule has 0 atom stereocenters. The van der Waals surface area contributed by atoms with Gasteiger partial charge in [0.05, 0.1) is 18.7 Å². The molecule has 0 aromatic carbocycles. The van der Waals surface area contributed by atoms with Gasteiger partial charge in [0.15, 0.2) is 0 Å². The molecule has 1 heterocycles. The van der Waals surface area contributed by atoms with Crippen LogP contribution in [0.2, 0.25) is 0 Å². The molecule has 5 nitrogen and oxygen atoms in total. The van der Waals surface area contributed by atoms with Crippen LogP contribution in [-0.4, -0.2) is 28.6 Å². The van der Waals surface area contributed by atoms with Gasteiger partial charge in [-0.05, 0) is 19.8 Å². The lowest BCUT2D eigenvalue weighted by Crippen LogP contribution is -2.34. The maximum Gasteiger partial charge on any atom is 0.259 e. The monoisotopic (exact) mass is 219 g/mol. The number of carbonyl (C=O) groups is 1. The summed E-state index contributed by atoms with van der Waals surface area (Å²) in [6.45, 7) is 2.21. The minimum absolute atomic E-state index is 0.0727. The van der Waals surface area contributed by atoms with Crippen molar-refractivity contribution in [1.82, 2.24) is 10.1 Å². The summed E-state index contributed by atoms with van der Waals surface area (Å²) in [5, 5.41) is 12.2. The van der Waals surface area contributed by atoms with Crippen LogP contribution in [0.1, 0.15) is 35.4 Å². The summed E-state index contributed by atoms with van der Waals surface area (Å²) < 4.78 is 4.88. The van der Waals surface area contributed by atoms with Crippen molar-refractivity contribution in [1.29, 1.82) is 5.26 Å². The standard InChI is InChI=1S/C11H13N3O2/c1-8-10(7-13-16-8)11(15)14(6-2-5-12)9-3-4-9/h7,9H,2-4,6H2,1H3. The molecule has 1 aromatic heterocycles. The normalized spacial score (nSPS) is 14.5. The molecule has 0 spiro atoms. The first kappa shape index (κ1) is 10.7. The van der Waals surface area contributed by atoms with E-state index in [4.69, 9.17) is 9.78 Å². The summed E-state index contributed by atoms with van der Waals surface area (Å²) in [5.41, 5.74) is 0.504. The van der Waals surface area contributed by atoms with Gasteiger partial charge in [-0.3, -0.25) is 4.79 Å². The fourth-order valence-corrected chi connectivity index (χ4v) is 1.67. The van der Waals surface area contributed by atoms with Crippen LogP contribution < -0.4 is 0 Å². The lowest BCUT2D eigenvalue weighted by molar-refractivity contribution is 0.0745. The first-order valence-corrected chi connectivity index (χ1v) is 5.33. The Morgan fingerprint density at radius 2 is 2.50 bits per heavy atom. The summed E-state index contributed by atoms with van der Waals surface area (Å²) in [5.74, 6) is 0.462. The highest BCUT2D eigenvalue weighted by atomic mass is 16.5. The highest BCUT2D eigenvalue weighted by Crippen LogP contribution is 2.28. The van der Waals surface area contributed by atoms with Gasteiger partial charge >= 0.3 is 0 Å². The lowest BCUT2D eigenvalue weighted by atomic mass is 10.2. The number of carbonyl (C=O) groups excluding carboxylic acids is 1. The second-order valence-corrected chi connectivity index (χ2v) is 3.93. The fourth-order valence-electron chi connectivity index (χ4n) is 1.67. The van der Waals surface area contributed by atoms with Crippen LogP contribution in [0.4, 0.5) is 0 Å². The zero-order valence-electron chi connectivity index (χ0n) is 9.14. The third kappa shape index (κ3) is 2.06. The number of nitrogens with zero attached hydrogens (tertiary/aromatic N) is 3. The molecule has 0 aliphatic heterocycles. The van der Waals surface area contributed by atoms with Gasteiger partial charge in [-0.25, -0.2) is 0 Å². The third-order valence-electron chi connectivity index (χ3n) is 2.69. The minimum Gasteiger partial charge on any atom is -0.361 e. The van der Waals surface area contributed by atoms with Crippen molar-refractivity contribution >= 4 is 5.91 Å². The van der Waals surface area contributed by atoms with Crippen molar-refractivity contribution < 1.29 is 9.32 Å². The maximum atomic E-state index is 12.1. The van der Waals surface area contributed by atoms with E-state index in [1.807, 2.05) is 0 Å². The van der Waals surface area contributed by atoms with Crippen LogP contribution in [-0.2, 0) is 0 Å². The Morgan fingerprint density at radius 1 is 1.75 bits per heavy atom. The van der Waals surface area contributed by atoms with Crippen molar-refractivity contribution in [2.24, 2.45) is 0 Å². The molecular formula is C11H13N3O2. The largest absolute Gasteiger partial charge is 0.361 e. The first-order valence-electron chi connectivity index (χ1n) is 5.33. The molecule has 1 saturated carbocycles. The van der Waals surface area contributed by atoms with E-state index in [9.17, 15) is 4.79 Å². The van der Waals surface area contributed by atoms with Gasteiger partial charge in [0.1, 0.15) is 11.3 Å². The molecule has 16 heavy (non-hydrogen) atoms. The minimum atomic E-state index is -0.0727. The Labute approximate surface area is 93.6 Å². The average Bonchev–Trinajstić information content (AvgIpc) is 3.01. The fraction of sp³-hybridized carbons (Fsp3) is 0.545. The Bertz CT molecular complexity index is 429.